The van der Waals surface area contributed by atoms with Gasteiger partial charge in [0.25, 0.3) is 5.91 Å². The first-order valence-electron chi connectivity index (χ1n) is 6.04. The van der Waals surface area contributed by atoms with E-state index in [2.05, 4.69) is 20.6 Å². The Kier molecular flexibility index (Phi) is 2.86. The molecule has 0 atom stereocenters. The Bertz CT molecular complexity index is 739. The Morgan fingerprint density at radius 2 is 2.35 bits per heavy atom. The van der Waals surface area contributed by atoms with Gasteiger partial charge in [0.15, 0.2) is 11.5 Å². The highest BCUT2D eigenvalue weighted by Gasteiger charge is 2.14. The molecule has 3 aromatic heterocycles. The fraction of sp³-hybridized carbons (Fsp3) is 0.154. The molecule has 0 aliphatic rings. The standard InChI is InChI=1S/C13H13N5O2/c1-8-11(7-14-18(8)2)15-13(19)10-6-9(16-17-10)12-4-3-5-20-12/h3-7H,1-2H3,(H,15,19)(H,16,17). The van der Waals surface area contributed by atoms with Crippen molar-refractivity contribution in [2.24, 2.45) is 7.05 Å². The molecule has 0 saturated heterocycles. The summed E-state index contributed by atoms with van der Waals surface area (Å²) in [5, 5.41) is 13.6. The van der Waals surface area contributed by atoms with Gasteiger partial charge in [0.1, 0.15) is 5.69 Å². The zero-order valence-corrected chi connectivity index (χ0v) is 11.0. The van der Waals surface area contributed by atoms with Gasteiger partial charge >= 0.3 is 0 Å². The molecule has 20 heavy (non-hydrogen) atoms. The fourth-order valence-electron chi connectivity index (χ4n) is 1.80. The van der Waals surface area contributed by atoms with Crippen molar-refractivity contribution >= 4 is 11.6 Å². The SMILES string of the molecule is Cc1c(NC(=O)c2cc(-c3ccco3)[nH]n2)cnn1C. The zero-order valence-electron chi connectivity index (χ0n) is 11.0. The second kappa shape index (κ2) is 4.69. The summed E-state index contributed by atoms with van der Waals surface area (Å²) in [4.78, 5) is 12.1. The third kappa shape index (κ3) is 2.09. The molecule has 0 aromatic carbocycles. The van der Waals surface area contributed by atoms with Crippen molar-refractivity contribution in [3.05, 3.63) is 42.0 Å². The second-order valence-corrected chi connectivity index (χ2v) is 4.37. The number of nitrogens with zero attached hydrogens (tertiary/aromatic N) is 3. The van der Waals surface area contributed by atoms with Crippen molar-refractivity contribution in [1.82, 2.24) is 20.0 Å². The van der Waals surface area contributed by atoms with E-state index >= 15 is 0 Å². The maximum Gasteiger partial charge on any atom is 0.276 e. The van der Waals surface area contributed by atoms with Gasteiger partial charge < -0.3 is 9.73 Å². The molecule has 0 saturated carbocycles. The zero-order chi connectivity index (χ0) is 14.1. The summed E-state index contributed by atoms with van der Waals surface area (Å²) in [6.45, 7) is 1.88. The molecule has 3 aromatic rings. The second-order valence-electron chi connectivity index (χ2n) is 4.37. The number of nitrogens with one attached hydrogen (secondary N) is 2. The molecule has 7 nitrogen and oxygen atoms in total. The summed E-state index contributed by atoms with van der Waals surface area (Å²) >= 11 is 0. The average molecular weight is 271 g/mol. The molecule has 0 bridgehead atoms. The first-order valence-corrected chi connectivity index (χ1v) is 6.04. The van der Waals surface area contributed by atoms with Crippen molar-refractivity contribution in [2.75, 3.05) is 5.32 Å². The lowest BCUT2D eigenvalue weighted by Crippen LogP contribution is -2.12. The van der Waals surface area contributed by atoms with Crippen molar-refractivity contribution in [1.29, 1.82) is 0 Å². The molecule has 0 aliphatic heterocycles. The van der Waals surface area contributed by atoms with Crippen LogP contribution < -0.4 is 5.32 Å². The maximum absolute atomic E-state index is 12.1. The molecule has 0 aliphatic carbocycles. The normalized spacial score (nSPS) is 10.7. The summed E-state index contributed by atoms with van der Waals surface area (Å²) in [5.74, 6) is 0.337. The van der Waals surface area contributed by atoms with Crippen LogP contribution in [0.15, 0.2) is 35.1 Å². The Hall–Kier alpha value is -2.83. The van der Waals surface area contributed by atoms with Crippen LogP contribution in [-0.4, -0.2) is 25.9 Å². The summed E-state index contributed by atoms with van der Waals surface area (Å²) in [7, 11) is 1.81. The molecule has 1 amide bonds. The van der Waals surface area contributed by atoms with Crippen molar-refractivity contribution in [3.63, 3.8) is 0 Å². The highest BCUT2D eigenvalue weighted by Crippen LogP contribution is 2.19. The number of H-pyrrole nitrogens is 1. The lowest BCUT2D eigenvalue weighted by molar-refractivity contribution is 0.102. The van der Waals surface area contributed by atoms with Crippen LogP contribution >= 0.6 is 0 Å². The molecular formula is C13H13N5O2. The number of hydrogen-bond acceptors (Lipinski definition) is 4. The third-order valence-corrected chi connectivity index (χ3v) is 3.08. The molecule has 0 radical (unpaired) electrons. The van der Waals surface area contributed by atoms with Crippen LogP contribution in [0, 0.1) is 6.92 Å². The van der Waals surface area contributed by atoms with Gasteiger partial charge in [-0.3, -0.25) is 14.6 Å². The summed E-state index contributed by atoms with van der Waals surface area (Å²) < 4.78 is 6.93. The van der Waals surface area contributed by atoms with Crippen molar-refractivity contribution < 1.29 is 9.21 Å². The molecule has 0 fully saturated rings. The van der Waals surface area contributed by atoms with E-state index in [0.29, 0.717) is 22.8 Å². The van der Waals surface area contributed by atoms with Crippen LogP contribution in [0.3, 0.4) is 0 Å². The molecule has 3 heterocycles. The fourth-order valence-corrected chi connectivity index (χ4v) is 1.80. The van der Waals surface area contributed by atoms with Gasteiger partial charge in [-0.05, 0) is 19.1 Å². The first kappa shape index (κ1) is 12.2. The van der Waals surface area contributed by atoms with Crippen LogP contribution in [0.5, 0.6) is 0 Å². The number of carbonyl (C=O) groups is 1. The minimum atomic E-state index is -0.296. The molecule has 2 N–H and O–H groups in total. The summed E-state index contributed by atoms with van der Waals surface area (Å²) in [6, 6.07) is 5.20. The Balaban J connectivity index is 1.80. The molecular weight excluding hydrogens is 258 g/mol. The summed E-state index contributed by atoms with van der Waals surface area (Å²) in [6.07, 6.45) is 3.17. The van der Waals surface area contributed by atoms with Crippen LogP contribution in [0.4, 0.5) is 5.69 Å². The number of furan rings is 1. The van der Waals surface area contributed by atoms with E-state index in [1.165, 1.54) is 0 Å². The van der Waals surface area contributed by atoms with Gasteiger partial charge in [0, 0.05) is 13.1 Å². The molecule has 0 spiro atoms. The maximum atomic E-state index is 12.1. The number of amides is 1. The van der Waals surface area contributed by atoms with Gasteiger partial charge in [-0.15, -0.1) is 0 Å². The lowest BCUT2D eigenvalue weighted by Gasteiger charge is -2.01. The topological polar surface area (TPSA) is 88.7 Å². The molecule has 0 unspecified atom stereocenters. The number of aromatic amines is 1. The number of anilines is 1. The van der Waals surface area contributed by atoms with Crippen LogP contribution in [0.1, 0.15) is 16.2 Å². The van der Waals surface area contributed by atoms with E-state index in [-0.39, 0.29) is 5.91 Å². The van der Waals surface area contributed by atoms with Crippen molar-refractivity contribution in [3.8, 4) is 11.5 Å². The number of aryl methyl sites for hydroxylation is 1. The van der Waals surface area contributed by atoms with Gasteiger partial charge in [0.05, 0.1) is 23.8 Å². The molecule has 102 valence electrons. The predicted molar refractivity (Wildman–Crippen MR) is 72.2 cm³/mol. The average Bonchev–Trinajstić information content (AvgIpc) is 3.14. The Labute approximate surface area is 114 Å². The summed E-state index contributed by atoms with van der Waals surface area (Å²) in [5.41, 5.74) is 2.49. The van der Waals surface area contributed by atoms with E-state index in [4.69, 9.17) is 4.42 Å². The molecule has 3 rings (SSSR count). The van der Waals surface area contributed by atoms with E-state index in [9.17, 15) is 4.79 Å². The highest BCUT2D eigenvalue weighted by atomic mass is 16.3. The van der Waals surface area contributed by atoms with Crippen LogP contribution in [0.2, 0.25) is 0 Å². The minimum Gasteiger partial charge on any atom is -0.463 e. The van der Waals surface area contributed by atoms with E-state index in [0.717, 1.165) is 5.69 Å². The van der Waals surface area contributed by atoms with Gasteiger partial charge in [-0.1, -0.05) is 0 Å². The van der Waals surface area contributed by atoms with Gasteiger partial charge in [-0.25, -0.2) is 0 Å². The van der Waals surface area contributed by atoms with Gasteiger partial charge in [-0.2, -0.15) is 10.2 Å². The Morgan fingerprint density at radius 1 is 1.50 bits per heavy atom. The third-order valence-electron chi connectivity index (χ3n) is 3.08. The van der Waals surface area contributed by atoms with Crippen LogP contribution in [0.25, 0.3) is 11.5 Å². The number of hydrogen-bond donors (Lipinski definition) is 2. The van der Waals surface area contributed by atoms with Gasteiger partial charge in [0.2, 0.25) is 0 Å². The molecule has 7 heteroatoms. The predicted octanol–water partition coefficient (Wildman–Crippen LogP) is 1.96. The Morgan fingerprint density at radius 3 is 3.00 bits per heavy atom. The largest absolute Gasteiger partial charge is 0.463 e. The van der Waals surface area contributed by atoms with Crippen LogP contribution in [-0.2, 0) is 7.05 Å². The first-order chi connectivity index (χ1) is 9.65. The monoisotopic (exact) mass is 271 g/mol. The number of rotatable bonds is 3. The number of aromatic nitrogens is 4. The lowest BCUT2D eigenvalue weighted by atomic mass is 10.3. The smallest absolute Gasteiger partial charge is 0.276 e. The van der Waals surface area contributed by atoms with E-state index in [1.54, 1.807) is 35.3 Å². The van der Waals surface area contributed by atoms with E-state index in [1.807, 2.05) is 14.0 Å². The quantitative estimate of drug-likeness (QED) is 0.762. The highest BCUT2D eigenvalue weighted by molar-refractivity contribution is 6.03. The minimum absolute atomic E-state index is 0.291. The number of carbonyl (C=O) groups excluding carboxylic acids is 1. The van der Waals surface area contributed by atoms with E-state index < -0.39 is 0 Å². The van der Waals surface area contributed by atoms with Crippen molar-refractivity contribution in [2.45, 2.75) is 6.92 Å².